The number of rotatable bonds is 5. The third-order valence-electron chi connectivity index (χ3n) is 2.77. The van der Waals surface area contributed by atoms with E-state index in [1.54, 1.807) is 28.9 Å². The standard InChI is InChI=1S/C14H16N4O3/c1-3-18-13(15-9-16-18)8-21-14(20)11-4-6-12(7-5-11)17-10(2)19/h4-7,9H,3,8H2,1-2H3,(H,17,19). The molecule has 1 amide bonds. The van der Waals surface area contributed by atoms with Crippen molar-refractivity contribution in [1.29, 1.82) is 0 Å². The van der Waals surface area contributed by atoms with Crippen molar-refractivity contribution < 1.29 is 14.3 Å². The highest BCUT2D eigenvalue weighted by Gasteiger charge is 2.10. The van der Waals surface area contributed by atoms with Gasteiger partial charge >= 0.3 is 5.97 Å². The van der Waals surface area contributed by atoms with Crippen LogP contribution in [0.25, 0.3) is 0 Å². The summed E-state index contributed by atoms with van der Waals surface area (Å²) >= 11 is 0. The lowest BCUT2D eigenvalue weighted by molar-refractivity contribution is -0.114. The quantitative estimate of drug-likeness (QED) is 0.845. The molecular weight excluding hydrogens is 272 g/mol. The van der Waals surface area contributed by atoms with Crippen molar-refractivity contribution in [1.82, 2.24) is 14.8 Å². The summed E-state index contributed by atoms with van der Waals surface area (Å²) in [5, 5.41) is 6.63. The summed E-state index contributed by atoms with van der Waals surface area (Å²) in [4.78, 5) is 26.8. The molecule has 0 aliphatic carbocycles. The number of hydrogen-bond acceptors (Lipinski definition) is 5. The van der Waals surface area contributed by atoms with Crippen LogP contribution in [-0.2, 0) is 22.7 Å². The summed E-state index contributed by atoms with van der Waals surface area (Å²) in [6.07, 6.45) is 1.43. The molecule has 21 heavy (non-hydrogen) atoms. The third kappa shape index (κ3) is 3.88. The smallest absolute Gasteiger partial charge is 0.338 e. The Labute approximate surface area is 121 Å². The largest absolute Gasteiger partial charge is 0.454 e. The molecule has 1 aromatic carbocycles. The average molecular weight is 288 g/mol. The Morgan fingerprint density at radius 3 is 2.62 bits per heavy atom. The van der Waals surface area contributed by atoms with E-state index in [0.717, 1.165) is 0 Å². The molecule has 0 radical (unpaired) electrons. The van der Waals surface area contributed by atoms with Gasteiger partial charge in [0.25, 0.3) is 0 Å². The summed E-state index contributed by atoms with van der Waals surface area (Å²) in [6.45, 7) is 4.09. The maximum atomic E-state index is 11.9. The number of carbonyl (C=O) groups excluding carboxylic acids is 2. The van der Waals surface area contributed by atoms with Crippen LogP contribution in [0.15, 0.2) is 30.6 Å². The van der Waals surface area contributed by atoms with Crippen LogP contribution in [0.2, 0.25) is 0 Å². The number of nitrogens with zero attached hydrogens (tertiary/aromatic N) is 3. The summed E-state index contributed by atoms with van der Waals surface area (Å²) in [6, 6.07) is 6.48. The molecule has 110 valence electrons. The summed E-state index contributed by atoms with van der Waals surface area (Å²) in [5.74, 6) is -0.0139. The fourth-order valence-electron chi connectivity index (χ4n) is 1.77. The molecule has 1 aromatic heterocycles. The van der Waals surface area contributed by atoms with Crippen LogP contribution in [-0.4, -0.2) is 26.6 Å². The van der Waals surface area contributed by atoms with E-state index in [2.05, 4.69) is 15.4 Å². The second-order valence-corrected chi connectivity index (χ2v) is 4.33. The number of aromatic nitrogens is 3. The Morgan fingerprint density at radius 1 is 1.29 bits per heavy atom. The van der Waals surface area contributed by atoms with Gasteiger partial charge in [-0.1, -0.05) is 0 Å². The molecule has 0 fully saturated rings. The lowest BCUT2D eigenvalue weighted by Crippen LogP contribution is -2.10. The van der Waals surface area contributed by atoms with E-state index in [-0.39, 0.29) is 12.5 Å². The predicted molar refractivity (Wildman–Crippen MR) is 75.6 cm³/mol. The molecule has 0 bridgehead atoms. The summed E-state index contributed by atoms with van der Waals surface area (Å²) < 4.78 is 6.85. The van der Waals surface area contributed by atoms with Crippen molar-refractivity contribution in [3.63, 3.8) is 0 Å². The van der Waals surface area contributed by atoms with E-state index in [1.807, 2.05) is 6.92 Å². The van der Waals surface area contributed by atoms with Crippen molar-refractivity contribution in [2.75, 3.05) is 5.32 Å². The molecule has 0 unspecified atom stereocenters. The Bertz CT molecular complexity index is 634. The number of nitrogens with one attached hydrogen (secondary N) is 1. The normalized spacial score (nSPS) is 10.2. The Morgan fingerprint density at radius 2 is 2.00 bits per heavy atom. The number of carbonyl (C=O) groups is 2. The zero-order chi connectivity index (χ0) is 15.2. The maximum Gasteiger partial charge on any atom is 0.338 e. The number of esters is 1. The second kappa shape index (κ2) is 6.65. The van der Waals surface area contributed by atoms with Crippen molar-refractivity contribution in [2.45, 2.75) is 27.0 Å². The predicted octanol–water partition coefficient (Wildman–Crippen LogP) is 1.61. The van der Waals surface area contributed by atoms with E-state index < -0.39 is 5.97 Å². The van der Waals surface area contributed by atoms with E-state index in [1.165, 1.54) is 13.3 Å². The molecule has 7 nitrogen and oxygen atoms in total. The first-order valence-electron chi connectivity index (χ1n) is 6.51. The molecule has 0 aliphatic heterocycles. The molecule has 2 aromatic rings. The Balaban J connectivity index is 1.95. The number of amides is 1. The van der Waals surface area contributed by atoms with Crippen LogP contribution < -0.4 is 5.32 Å². The second-order valence-electron chi connectivity index (χ2n) is 4.33. The van der Waals surface area contributed by atoms with Gasteiger partial charge in [0.1, 0.15) is 6.33 Å². The first-order valence-corrected chi connectivity index (χ1v) is 6.51. The molecular formula is C14H16N4O3. The van der Waals surface area contributed by atoms with E-state index in [9.17, 15) is 9.59 Å². The van der Waals surface area contributed by atoms with Crippen LogP contribution in [0, 0.1) is 0 Å². The minimum absolute atomic E-state index is 0.0696. The van der Waals surface area contributed by atoms with Crippen molar-refractivity contribution in [3.05, 3.63) is 42.0 Å². The molecule has 0 spiro atoms. The average Bonchev–Trinajstić information content (AvgIpc) is 2.92. The highest BCUT2D eigenvalue weighted by molar-refractivity contribution is 5.92. The highest BCUT2D eigenvalue weighted by Crippen LogP contribution is 2.11. The fraction of sp³-hybridized carbons (Fsp3) is 0.286. The van der Waals surface area contributed by atoms with Gasteiger partial charge in [0.2, 0.25) is 5.91 Å². The highest BCUT2D eigenvalue weighted by atomic mass is 16.5. The zero-order valence-electron chi connectivity index (χ0n) is 11.9. The molecule has 1 heterocycles. The maximum absolute atomic E-state index is 11.9. The molecule has 0 aliphatic rings. The minimum Gasteiger partial charge on any atom is -0.454 e. The van der Waals surface area contributed by atoms with Gasteiger partial charge in [-0.3, -0.25) is 4.79 Å². The molecule has 1 N–H and O–H groups in total. The van der Waals surface area contributed by atoms with Gasteiger partial charge in [0.15, 0.2) is 12.4 Å². The van der Waals surface area contributed by atoms with E-state index in [4.69, 9.17) is 4.74 Å². The van der Waals surface area contributed by atoms with Crippen LogP contribution in [0.1, 0.15) is 30.0 Å². The minimum atomic E-state index is -0.449. The van der Waals surface area contributed by atoms with Crippen LogP contribution in [0.3, 0.4) is 0 Å². The number of aryl methyl sites for hydroxylation is 1. The summed E-state index contributed by atoms with van der Waals surface area (Å²) in [5.41, 5.74) is 1.04. The lowest BCUT2D eigenvalue weighted by atomic mass is 10.2. The van der Waals surface area contributed by atoms with Gasteiger partial charge in [-0.15, -0.1) is 0 Å². The van der Waals surface area contributed by atoms with E-state index in [0.29, 0.717) is 23.6 Å². The zero-order valence-corrected chi connectivity index (χ0v) is 11.9. The lowest BCUT2D eigenvalue weighted by Gasteiger charge is -2.06. The first-order chi connectivity index (χ1) is 10.1. The monoisotopic (exact) mass is 288 g/mol. The molecule has 0 saturated heterocycles. The summed E-state index contributed by atoms with van der Waals surface area (Å²) in [7, 11) is 0. The molecule has 7 heteroatoms. The number of anilines is 1. The Hall–Kier alpha value is -2.70. The number of ether oxygens (including phenoxy) is 1. The van der Waals surface area contributed by atoms with Crippen molar-refractivity contribution in [2.24, 2.45) is 0 Å². The van der Waals surface area contributed by atoms with Gasteiger partial charge in [0, 0.05) is 19.2 Å². The van der Waals surface area contributed by atoms with Crippen molar-refractivity contribution >= 4 is 17.6 Å². The van der Waals surface area contributed by atoms with Gasteiger partial charge < -0.3 is 10.1 Å². The first kappa shape index (κ1) is 14.7. The third-order valence-corrected chi connectivity index (χ3v) is 2.77. The van der Waals surface area contributed by atoms with Crippen molar-refractivity contribution in [3.8, 4) is 0 Å². The van der Waals surface area contributed by atoms with Gasteiger partial charge in [-0.25, -0.2) is 14.5 Å². The van der Waals surface area contributed by atoms with Gasteiger partial charge in [-0.2, -0.15) is 5.10 Å². The number of hydrogen-bond donors (Lipinski definition) is 1. The van der Waals surface area contributed by atoms with Crippen LogP contribution >= 0.6 is 0 Å². The van der Waals surface area contributed by atoms with Gasteiger partial charge in [-0.05, 0) is 31.2 Å². The van der Waals surface area contributed by atoms with Crippen LogP contribution in [0.5, 0.6) is 0 Å². The molecule has 2 rings (SSSR count). The molecule has 0 saturated carbocycles. The fourth-order valence-corrected chi connectivity index (χ4v) is 1.77. The van der Waals surface area contributed by atoms with E-state index >= 15 is 0 Å². The van der Waals surface area contributed by atoms with Gasteiger partial charge in [0.05, 0.1) is 5.56 Å². The number of benzene rings is 1. The van der Waals surface area contributed by atoms with Crippen LogP contribution in [0.4, 0.5) is 5.69 Å². The molecule has 0 atom stereocenters. The Kier molecular flexibility index (Phi) is 4.65. The SMILES string of the molecule is CCn1ncnc1COC(=O)c1ccc(NC(C)=O)cc1. The topological polar surface area (TPSA) is 86.1 Å².